The number of nitrogens with one attached hydrogen (secondary N) is 2. The molecule has 116 valence electrons. The zero-order chi connectivity index (χ0) is 15.8. The maximum absolute atomic E-state index is 12.7. The Bertz CT molecular complexity index is 644. The van der Waals surface area contributed by atoms with Crippen molar-refractivity contribution in [1.29, 1.82) is 0 Å². The summed E-state index contributed by atoms with van der Waals surface area (Å²) in [5.41, 5.74) is 3.50. The number of benzene rings is 1. The number of hydrogen-bond donors (Lipinski definition) is 2. The molecule has 1 aliphatic rings. The first kappa shape index (κ1) is 16.0. The van der Waals surface area contributed by atoms with Crippen LogP contribution >= 0.6 is 0 Å². The van der Waals surface area contributed by atoms with Crippen molar-refractivity contribution >= 4 is 15.9 Å². The molecule has 6 heteroatoms. The van der Waals surface area contributed by atoms with Gasteiger partial charge in [0, 0.05) is 19.0 Å². The Hall–Kier alpha value is -1.40. The molecule has 5 nitrogen and oxygen atoms in total. The normalized spacial score (nSPS) is 19.4. The molecule has 0 radical (unpaired) electrons. The molecule has 1 unspecified atom stereocenters. The molecule has 0 aromatic heterocycles. The van der Waals surface area contributed by atoms with E-state index in [1.54, 1.807) is 0 Å². The average molecular weight is 310 g/mol. The highest BCUT2D eigenvalue weighted by molar-refractivity contribution is 7.89. The first-order valence-electron chi connectivity index (χ1n) is 7.09. The van der Waals surface area contributed by atoms with Crippen LogP contribution in [0.3, 0.4) is 0 Å². The second-order valence-electron chi connectivity index (χ2n) is 5.75. The number of carbonyl (C=O) groups excluding carboxylic acids is 1. The van der Waals surface area contributed by atoms with Crippen molar-refractivity contribution < 1.29 is 13.2 Å². The van der Waals surface area contributed by atoms with Crippen LogP contribution < -0.4 is 10.0 Å². The fourth-order valence-electron chi connectivity index (χ4n) is 2.70. The van der Waals surface area contributed by atoms with Crippen LogP contribution in [0.2, 0.25) is 0 Å². The standard InChI is InChI=1S/C15H22N2O3S/c1-9-7-10(2)12(4)15(11(9)3)21(19,20)17-13-5-6-14(18)16-8-13/h7,13,17H,5-6,8H2,1-4H3,(H,16,18). The van der Waals surface area contributed by atoms with Crippen LogP contribution in [0.25, 0.3) is 0 Å². The molecule has 2 rings (SSSR count). The number of hydrogen-bond acceptors (Lipinski definition) is 3. The molecule has 1 saturated heterocycles. The van der Waals surface area contributed by atoms with E-state index in [1.165, 1.54) is 0 Å². The summed E-state index contributed by atoms with van der Waals surface area (Å²) in [6.07, 6.45) is 0.895. The molecule has 1 fully saturated rings. The Labute approximate surface area is 126 Å². The van der Waals surface area contributed by atoms with Crippen LogP contribution in [0.1, 0.15) is 35.1 Å². The molecule has 0 saturated carbocycles. The third-order valence-electron chi connectivity index (χ3n) is 4.15. The van der Waals surface area contributed by atoms with Crippen LogP contribution in [0.15, 0.2) is 11.0 Å². The molecule has 1 amide bonds. The van der Waals surface area contributed by atoms with Crippen LogP contribution in [0, 0.1) is 27.7 Å². The molecule has 1 heterocycles. The second kappa shape index (κ2) is 5.77. The molecular weight excluding hydrogens is 288 g/mol. The monoisotopic (exact) mass is 310 g/mol. The zero-order valence-corrected chi connectivity index (χ0v) is 13.7. The summed E-state index contributed by atoms with van der Waals surface area (Å²) in [5, 5.41) is 2.69. The molecule has 1 atom stereocenters. The van der Waals surface area contributed by atoms with Crippen LogP contribution in [0.4, 0.5) is 0 Å². The van der Waals surface area contributed by atoms with Gasteiger partial charge in [0.15, 0.2) is 0 Å². The quantitative estimate of drug-likeness (QED) is 0.888. The van der Waals surface area contributed by atoms with Crippen molar-refractivity contribution in [2.24, 2.45) is 0 Å². The summed E-state index contributed by atoms with van der Waals surface area (Å²) >= 11 is 0. The second-order valence-corrected chi connectivity index (χ2v) is 7.40. The van der Waals surface area contributed by atoms with E-state index < -0.39 is 10.0 Å². The Morgan fingerprint density at radius 2 is 1.71 bits per heavy atom. The third-order valence-corrected chi connectivity index (χ3v) is 5.95. The predicted octanol–water partition coefficient (Wildman–Crippen LogP) is 1.48. The average Bonchev–Trinajstić information content (AvgIpc) is 2.39. The van der Waals surface area contributed by atoms with Gasteiger partial charge in [0.2, 0.25) is 15.9 Å². The van der Waals surface area contributed by atoms with Gasteiger partial charge in [0.05, 0.1) is 4.90 Å². The van der Waals surface area contributed by atoms with Crippen LogP contribution in [-0.2, 0) is 14.8 Å². The van der Waals surface area contributed by atoms with Crippen molar-refractivity contribution in [2.75, 3.05) is 6.54 Å². The lowest BCUT2D eigenvalue weighted by atomic mass is 10.0. The van der Waals surface area contributed by atoms with Gasteiger partial charge in [-0.1, -0.05) is 6.07 Å². The Kier molecular flexibility index (Phi) is 4.39. The Balaban J connectivity index is 2.34. The summed E-state index contributed by atoms with van der Waals surface area (Å²) in [5.74, 6) is -0.0239. The van der Waals surface area contributed by atoms with Gasteiger partial charge < -0.3 is 5.32 Å². The molecule has 0 bridgehead atoms. The van der Waals surface area contributed by atoms with E-state index in [0.717, 1.165) is 22.3 Å². The first-order valence-corrected chi connectivity index (χ1v) is 8.57. The Morgan fingerprint density at radius 3 is 2.19 bits per heavy atom. The lowest BCUT2D eigenvalue weighted by Gasteiger charge is -2.25. The number of amides is 1. The number of sulfonamides is 1. The van der Waals surface area contributed by atoms with E-state index >= 15 is 0 Å². The summed E-state index contributed by atoms with van der Waals surface area (Å²) in [7, 11) is -3.59. The number of rotatable bonds is 3. The molecule has 2 N–H and O–H groups in total. The van der Waals surface area contributed by atoms with Crippen molar-refractivity contribution in [2.45, 2.75) is 51.5 Å². The third kappa shape index (κ3) is 3.27. The number of aryl methyl sites for hydroxylation is 2. The fraction of sp³-hybridized carbons (Fsp3) is 0.533. The van der Waals surface area contributed by atoms with E-state index in [0.29, 0.717) is 24.3 Å². The van der Waals surface area contributed by atoms with E-state index in [4.69, 9.17) is 0 Å². The summed E-state index contributed by atoms with van der Waals surface area (Å²) in [4.78, 5) is 11.5. The van der Waals surface area contributed by atoms with Gasteiger partial charge in [-0.15, -0.1) is 0 Å². The number of carbonyl (C=O) groups is 1. The van der Waals surface area contributed by atoms with Crippen molar-refractivity contribution in [1.82, 2.24) is 10.0 Å². The van der Waals surface area contributed by atoms with Gasteiger partial charge in [-0.2, -0.15) is 0 Å². The van der Waals surface area contributed by atoms with Gasteiger partial charge in [0.1, 0.15) is 0 Å². The fourth-order valence-corrected chi connectivity index (χ4v) is 4.58. The molecule has 0 spiro atoms. The summed E-state index contributed by atoms with van der Waals surface area (Å²) in [6.45, 7) is 7.85. The largest absolute Gasteiger partial charge is 0.355 e. The predicted molar refractivity (Wildman–Crippen MR) is 81.7 cm³/mol. The van der Waals surface area contributed by atoms with Gasteiger partial charge in [0.25, 0.3) is 0 Å². The first-order chi connectivity index (χ1) is 9.72. The molecule has 1 aromatic rings. The van der Waals surface area contributed by atoms with Gasteiger partial charge >= 0.3 is 0 Å². The van der Waals surface area contributed by atoms with Gasteiger partial charge in [-0.25, -0.2) is 13.1 Å². The highest BCUT2D eigenvalue weighted by Gasteiger charge is 2.27. The minimum absolute atomic E-state index is 0.0239. The minimum atomic E-state index is -3.59. The van der Waals surface area contributed by atoms with Crippen molar-refractivity contribution in [3.63, 3.8) is 0 Å². The lowest BCUT2D eigenvalue weighted by Crippen LogP contribution is -2.47. The van der Waals surface area contributed by atoms with Crippen molar-refractivity contribution in [3.8, 4) is 0 Å². The molecular formula is C15H22N2O3S. The maximum atomic E-state index is 12.7. The van der Waals surface area contributed by atoms with Gasteiger partial charge in [-0.3, -0.25) is 4.79 Å². The smallest absolute Gasteiger partial charge is 0.241 e. The molecule has 1 aromatic carbocycles. The van der Waals surface area contributed by atoms with Crippen LogP contribution in [0.5, 0.6) is 0 Å². The SMILES string of the molecule is Cc1cc(C)c(C)c(S(=O)(=O)NC2CCC(=O)NC2)c1C. The van der Waals surface area contributed by atoms with Crippen LogP contribution in [-0.4, -0.2) is 26.9 Å². The molecule has 1 aliphatic heterocycles. The molecule has 21 heavy (non-hydrogen) atoms. The lowest BCUT2D eigenvalue weighted by molar-refractivity contribution is -0.122. The minimum Gasteiger partial charge on any atom is -0.355 e. The topological polar surface area (TPSA) is 75.3 Å². The maximum Gasteiger partial charge on any atom is 0.241 e. The van der Waals surface area contributed by atoms with Crippen molar-refractivity contribution in [3.05, 3.63) is 28.3 Å². The zero-order valence-electron chi connectivity index (χ0n) is 12.9. The highest BCUT2D eigenvalue weighted by Crippen LogP contribution is 2.26. The Morgan fingerprint density at radius 1 is 1.14 bits per heavy atom. The van der Waals surface area contributed by atoms with Gasteiger partial charge in [-0.05, 0) is 56.4 Å². The van der Waals surface area contributed by atoms with E-state index in [2.05, 4.69) is 10.0 Å². The summed E-state index contributed by atoms with van der Waals surface area (Å²) < 4.78 is 28.1. The van der Waals surface area contributed by atoms with E-state index in [1.807, 2.05) is 33.8 Å². The highest BCUT2D eigenvalue weighted by atomic mass is 32.2. The van der Waals surface area contributed by atoms with E-state index in [9.17, 15) is 13.2 Å². The van der Waals surface area contributed by atoms with E-state index in [-0.39, 0.29) is 11.9 Å². The molecule has 0 aliphatic carbocycles. The number of piperidine rings is 1. The summed E-state index contributed by atoms with van der Waals surface area (Å²) in [6, 6.07) is 1.76.